The molecule has 2 saturated carbocycles. The highest BCUT2D eigenvalue weighted by Gasteiger charge is 2.28. The van der Waals surface area contributed by atoms with Gasteiger partial charge >= 0.3 is 0 Å². The van der Waals surface area contributed by atoms with Crippen molar-refractivity contribution in [2.45, 2.75) is 89.9 Å². The minimum Gasteiger partial charge on any atom is -0.491 e. The number of hydrogen-bond acceptors (Lipinski definition) is 1. The van der Waals surface area contributed by atoms with Gasteiger partial charge in [-0.25, -0.2) is 13.2 Å². The van der Waals surface area contributed by atoms with Gasteiger partial charge < -0.3 is 4.74 Å². The Morgan fingerprint density at radius 1 is 0.706 bits per heavy atom. The number of hydrogen-bond donors (Lipinski definition) is 0. The summed E-state index contributed by atoms with van der Waals surface area (Å²) in [6.45, 7) is 4.24. The summed E-state index contributed by atoms with van der Waals surface area (Å²) in [4.78, 5) is 0. The van der Waals surface area contributed by atoms with Crippen LogP contribution in [0.4, 0.5) is 17.6 Å². The molecular weight excluding hydrogens is 440 g/mol. The molecule has 0 heterocycles. The zero-order chi connectivity index (χ0) is 24.2. The molecule has 0 aromatic heterocycles. The van der Waals surface area contributed by atoms with Gasteiger partial charge in [0.1, 0.15) is 0 Å². The van der Waals surface area contributed by atoms with E-state index in [1.165, 1.54) is 6.07 Å². The molecular formula is C29H36F4O. The highest BCUT2D eigenvalue weighted by Crippen LogP contribution is 2.41. The van der Waals surface area contributed by atoms with Crippen molar-refractivity contribution >= 4 is 0 Å². The molecule has 0 radical (unpaired) electrons. The fourth-order valence-electron chi connectivity index (χ4n) is 5.93. The first-order chi connectivity index (χ1) is 16.4. The van der Waals surface area contributed by atoms with Gasteiger partial charge in [-0.05, 0) is 105 Å². The van der Waals surface area contributed by atoms with Crippen molar-refractivity contribution in [3.05, 3.63) is 64.2 Å². The summed E-state index contributed by atoms with van der Waals surface area (Å²) in [6, 6.07) is 6.73. The molecule has 5 heteroatoms. The molecule has 0 unspecified atom stereocenters. The molecule has 0 saturated heterocycles. The zero-order valence-electron chi connectivity index (χ0n) is 20.3. The molecule has 0 N–H and O–H groups in total. The quantitative estimate of drug-likeness (QED) is 0.363. The van der Waals surface area contributed by atoms with Crippen LogP contribution < -0.4 is 4.74 Å². The SMILES string of the molecule is CCOc1ccc(C2CCC(CCc3ccc(C4CCC(C)CC4)c(F)c3F)CC2)c(F)c1F. The first-order valence-electron chi connectivity index (χ1n) is 13.0. The first kappa shape index (κ1) is 25.1. The van der Waals surface area contributed by atoms with Crippen LogP contribution >= 0.6 is 0 Å². The minimum atomic E-state index is -0.912. The van der Waals surface area contributed by atoms with E-state index in [9.17, 15) is 17.6 Å². The third kappa shape index (κ3) is 5.44. The van der Waals surface area contributed by atoms with E-state index in [1.807, 2.05) is 0 Å². The van der Waals surface area contributed by atoms with E-state index in [1.54, 1.807) is 25.1 Å². The van der Waals surface area contributed by atoms with Crippen molar-refractivity contribution in [2.75, 3.05) is 6.61 Å². The van der Waals surface area contributed by atoms with E-state index in [4.69, 9.17) is 4.74 Å². The van der Waals surface area contributed by atoms with E-state index in [2.05, 4.69) is 6.92 Å². The Morgan fingerprint density at radius 3 is 1.88 bits per heavy atom. The lowest BCUT2D eigenvalue weighted by Crippen LogP contribution is -2.16. The number of rotatable bonds is 7. The van der Waals surface area contributed by atoms with Crippen molar-refractivity contribution < 1.29 is 22.3 Å². The Hall–Kier alpha value is -2.04. The lowest BCUT2D eigenvalue weighted by atomic mass is 9.76. The highest BCUT2D eigenvalue weighted by atomic mass is 19.2. The summed E-state index contributed by atoms with van der Waals surface area (Å²) in [7, 11) is 0. The maximum atomic E-state index is 14.8. The van der Waals surface area contributed by atoms with Gasteiger partial charge in [0.05, 0.1) is 6.61 Å². The fourth-order valence-corrected chi connectivity index (χ4v) is 5.93. The average Bonchev–Trinajstić information content (AvgIpc) is 2.84. The van der Waals surface area contributed by atoms with Gasteiger partial charge in [-0.15, -0.1) is 0 Å². The van der Waals surface area contributed by atoms with Crippen LogP contribution in [0, 0.1) is 35.1 Å². The molecule has 2 aromatic carbocycles. The Balaban J connectivity index is 1.32. The Morgan fingerprint density at radius 2 is 1.26 bits per heavy atom. The van der Waals surface area contributed by atoms with Crippen LogP contribution in [0.15, 0.2) is 24.3 Å². The summed E-state index contributed by atoms with van der Waals surface area (Å²) in [6.07, 6.45) is 8.58. The average molecular weight is 477 g/mol. The maximum absolute atomic E-state index is 14.8. The summed E-state index contributed by atoms with van der Waals surface area (Å²) in [5, 5.41) is 0. The molecule has 2 aromatic rings. The van der Waals surface area contributed by atoms with Crippen molar-refractivity contribution in [3.63, 3.8) is 0 Å². The zero-order valence-corrected chi connectivity index (χ0v) is 20.3. The number of benzene rings is 2. The highest BCUT2D eigenvalue weighted by molar-refractivity contribution is 5.33. The van der Waals surface area contributed by atoms with Crippen molar-refractivity contribution in [2.24, 2.45) is 11.8 Å². The van der Waals surface area contributed by atoms with Crippen LogP contribution in [0.2, 0.25) is 0 Å². The molecule has 4 rings (SSSR count). The van der Waals surface area contributed by atoms with Crippen LogP contribution in [0.1, 0.15) is 100 Å². The standard InChI is InChI=1S/C29H36F4O/c1-3-34-25-17-16-24(28(32)29(25)33)21-11-6-19(7-12-21)8-13-22-14-15-23(27(31)26(22)30)20-9-4-18(2)5-10-20/h14-21H,3-13H2,1-2H3. The van der Waals surface area contributed by atoms with Crippen molar-refractivity contribution in [1.82, 2.24) is 0 Å². The Kier molecular flexibility index (Phi) is 8.21. The lowest BCUT2D eigenvalue weighted by molar-refractivity contribution is 0.296. The molecule has 1 nitrogen and oxygen atoms in total. The molecule has 2 aliphatic carbocycles. The molecule has 0 amide bonds. The van der Waals surface area contributed by atoms with Gasteiger partial charge in [0.15, 0.2) is 23.2 Å². The van der Waals surface area contributed by atoms with Crippen LogP contribution in [-0.2, 0) is 6.42 Å². The van der Waals surface area contributed by atoms with E-state index in [0.29, 0.717) is 34.9 Å². The fraction of sp³-hybridized carbons (Fsp3) is 0.586. The summed E-state index contributed by atoms with van der Waals surface area (Å²) in [5.74, 6) is -1.95. The van der Waals surface area contributed by atoms with Crippen molar-refractivity contribution in [1.29, 1.82) is 0 Å². The minimum absolute atomic E-state index is 0.0203. The lowest BCUT2D eigenvalue weighted by Gasteiger charge is -2.29. The van der Waals surface area contributed by atoms with Gasteiger partial charge in [0.25, 0.3) is 0 Å². The molecule has 2 fully saturated rings. The summed E-state index contributed by atoms with van der Waals surface area (Å²) in [5.41, 5.74) is 1.41. The maximum Gasteiger partial charge on any atom is 0.200 e. The van der Waals surface area contributed by atoms with Crippen LogP contribution in [-0.4, -0.2) is 6.61 Å². The molecule has 0 spiro atoms. The van der Waals surface area contributed by atoms with E-state index >= 15 is 0 Å². The third-order valence-electron chi connectivity index (χ3n) is 8.13. The smallest absolute Gasteiger partial charge is 0.200 e. The van der Waals surface area contributed by atoms with Crippen LogP contribution in [0.5, 0.6) is 5.75 Å². The third-order valence-corrected chi connectivity index (χ3v) is 8.13. The molecule has 0 bridgehead atoms. The Labute approximate surface area is 200 Å². The number of halogens is 4. The number of ether oxygens (including phenoxy) is 1. The summed E-state index contributed by atoms with van der Waals surface area (Å²) < 4.78 is 63.7. The van der Waals surface area contributed by atoms with Gasteiger partial charge in [-0.2, -0.15) is 4.39 Å². The van der Waals surface area contributed by atoms with Gasteiger partial charge in [-0.1, -0.05) is 38.0 Å². The van der Waals surface area contributed by atoms with Crippen LogP contribution in [0.25, 0.3) is 0 Å². The monoisotopic (exact) mass is 476 g/mol. The van der Waals surface area contributed by atoms with Crippen molar-refractivity contribution in [3.8, 4) is 5.75 Å². The molecule has 0 aliphatic heterocycles. The Bertz CT molecular complexity index is 973. The second-order valence-corrected chi connectivity index (χ2v) is 10.4. The van der Waals surface area contributed by atoms with Gasteiger partial charge in [0.2, 0.25) is 5.82 Å². The van der Waals surface area contributed by atoms with E-state index in [0.717, 1.165) is 57.8 Å². The largest absolute Gasteiger partial charge is 0.491 e. The van der Waals surface area contributed by atoms with Crippen LogP contribution in [0.3, 0.4) is 0 Å². The second-order valence-electron chi connectivity index (χ2n) is 10.4. The predicted molar refractivity (Wildman–Crippen MR) is 127 cm³/mol. The normalized spacial score (nSPS) is 25.4. The van der Waals surface area contributed by atoms with Gasteiger partial charge in [0, 0.05) is 0 Å². The van der Waals surface area contributed by atoms with Gasteiger partial charge in [-0.3, -0.25) is 0 Å². The first-order valence-corrected chi connectivity index (χ1v) is 13.0. The molecule has 0 atom stereocenters. The predicted octanol–water partition coefficient (Wildman–Crippen LogP) is 8.84. The summed E-state index contributed by atoms with van der Waals surface area (Å²) >= 11 is 0. The molecule has 2 aliphatic rings. The topological polar surface area (TPSA) is 9.23 Å². The van der Waals surface area contributed by atoms with E-state index in [-0.39, 0.29) is 24.2 Å². The van der Waals surface area contributed by atoms with E-state index < -0.39 is 23.3 Å². The number of aryl methyl sites for hydroxylation is 1. The molecule has 186 valence electrons. The molecule has 34 heavy (non-hydrogen) atoms. The second kappa shape index (κ2) is 11.1.